The van der Waals surface area contributed by atoms with E-state index in [0.29, 0.717) is 6.42 Å². The number of hydrogen-bond donors (Lipinski definition) is 2. The zero-order valence-corrected chi connectivity index (χ0v) is 24.9. The number of nitrogens with zero attached hydrogens (tertiary/aromatic N) is 1. The average molecular weight is 583 g/mol. The Hall–Kier alpha value is -1.59. The van der Waals surface area contributed by atoms with Crippen LogP contribution in [0.2, 0.25) is 0 Å². The van der Waals surface area contributed by atoms with Crippen molar-refractivity contribution in [3.8, 4) is 0 Å². The molecular formula is C29H42F3N3O3Sc-2. The quantitative estimate of drug-likeness (QED) is 0.469. The molecule has 2 aliphatic rings. The topological polar surface area (TPSA) is 118 Å². The SMILES string of the molecule is CC(C)(C)NCc1ccc2c(c1)CCC[C@H]2NC(=O)C[C@@H]1CCCC[N-]1.FC(F)(F)c1c[c-]ccc1.O.O.[Sc]. The zero-order valence-electron chi connectivity index (χ0n) is 23.1. The molecule has 1 amide bonds. The number of alkyl halides is 3. The molecule has 1 saturated heterocycles. The summed E-state index contributed by atoms with van der Waals surface area (Å²) in [7, 11) is 0. The van der Waals surface area contributed by atoms with Gasteiger partial charge in [-0.3, -0.25) is 4.79 Å². The number of carbonyl (C=O) groups excluding carboxylic acids is 1. The number of halogens is 3. The molecule has 1 fully saturated rings. The number of fused-ring (bicyclic) bond motifs is 1. The fourth-order valence-corrected chi connectivity index (χ4v) is 4.56. The summed E-state index contributed by atoms with van der Waals surface area (Å²) >= 11 is 0. The largest absolute Gasteiger partial charge is 0.659 e. The summed E-state index contributed by atoms with van der Waals surface area (Å²) in [5.41, 5.74) is 3.50. The first-order valence-corrected chi connectivity index (χ1v) is 12.9. The van der Waals surface area contributed by atoms with Gasteiger partial charge in [-0.05, 0) is 56.7 Å². The fourth-order valence-electron chi connectivity index (χ4n) is 4.56. The van der Waals surface area contributed by atoms with E-state index in [2.05, 4.69) is 61.0 Å². The van der Waals surface area contributed by atoms with Crippen molar-refractivity contribution in [2.24, 2.45) is 0 Å². The molecule has 1 aliphatic carbocycles. The Morgan fingerprint density at radius 2 is 1.82 bits per heavy atom. The summed E-state index contributed by atoms with van der Waals surface area (Å²) in [5, 5.41) is 11.4. The van der Waals surface area contributed by atoms with E-state index in [1.165, 1.54) is 41.7 Å². The predicted octanol–water partition coefficient (Wildman–Crippen LogP) is 5.24. The maximum atomic E-state index is 12.5. The van der Waals surface area contributed by atoms with E-state index in [-0.39, 0.29) is 60.3 Å². The van der Waals surface area contributed by atoms with Gasteiger partial charge in [0.1, 0.15) is 0 Å². The van der Waals surface area contributed by atoms with Crippen LogP contribution in [0.4, 0.5) is 13.2 Å². The van der Waals surface area contributed by atoms with Crippen LogP contribution in [0.1, 0.15) is 87.6 Å². The number of nitrogens with one attached hydrogen (secondary N) is 2. The van der Waals surface area contributed by atoms with Crippen LogP contribution < -0.4 is 10.6 Å². The molecule has 10 heteroatoms. The van der Waals surface area contributed by atoms with E-state index in [1.54, 1.807) is 0 Å². The van der Waals surface area contributed by atoms with Crippen molar-refractivity contribution < 1.29 is 54.8 Å². The van der Waals surface area contributed by atoms with Crippen LogP contribution in [0.3, 0.4) is 0 Å². The summed E-state index contributed by atoms with van der Waals surface area (Å²) in [6, 6.07) is 14.2. The number of rotatable bonds is 5. The molecule has 1 heterocycles. The van der Waals surface area contributed by atoms with Gasteiger partial charge >= 0.3 is 6.18 Å². The molecule has 4 rings (SSSR count). The monoisotopic (exact) mass is 582 g/mol. The molecule has 0 bridgehead atoms. The maximum absolute atomic E-state index is 12.5. The minimum absolute atomic E-state index is 0. The third-order valence-electron chi connectivity index (χ3n) is 6.47. The van der Waals surface area contributed by atoms with Crippen molar-refractivity contribution in [1.29, 1.82) is 0 Å². The average Bonchev–Trinajstić information content (AvgIpc) is 2.83. The summed E-state index contributed by atoms with van der Waals surface area (Å²) in [6.07, 6.45) is 3.07. The van der Waals surface area contributed by atoms with E-state index in [9.17, 15) is 18.0 Å². The molecule has 0 aromatic heterocycles. The second kappa shape index (κ2) is 17.3. The second-order valence-electron chi connectivity index (χ2n) is 10.7. The molecule has 2 aromatic rings. The summed E-state index contributed by atoms with van der Waals surface area (Å²) in [6.45, 7) is 8.38. The van der Waals surface area contributed by atoms with Crippen molar-refractivity contribution in [2.45, 2.75) is 96.1 Å². The molecular weight excluding hydrogens is 540 g/mol. The molecule has 217 valence electrons. The van der Waals surface area contributed by atoms with Crippen molar-refractivity contribution in [3.63, 3.8) is 0 Å². The Balaban J connectivity index is 0.000000949. The fraction of sp³-hybridized carbons (Fsp3) is 0.552. The summed E-state index contributed by atoms with van der Waals surface area (Å²) in [5.74, 6) is 0.164. The Morgan fingerprint density at radius 3 is 2.38 bits per heavy atom. The molecule has 0 saturated carbocycles. The van der Waals surface area contributed by atoms with Gasteiger partial charge in [0.25, 0.3) is 0 Å². The Morgan fingerprint density at radius 1 is 1.08 bits per heavy atom. The van der Waals surface area contributed by atoms with Crippen molar-refractivity contribution in [2.75, 3.05) is 6.54 Å². The van der Waals surface area contributed by atoms with Gasteiger partial charge in [0.05, 0.1) is 6.04 Å². The zero-order chi connectivity index (χ0) is 26.2. The number of piperidine rings is 1. The molecule has 6 N–H and O–H groups in total. The summed E-state index contributed by atoms with van der Waals surface area (Å²) in [4.78, 5) is 12.5. The molecule has 1 aliphatic heterocycles. The molecule has 39 heavy (non-hydrogen) atoms. The first-order valence-electron chi connectivity index (χ1n) is 12.9. The van der Waals surface area contributed by atoms with E-state index in [4.69, 9.17) is 0 Å². The van der Waals surface area contributed by atoms with Crippen LogP contribution in [0.15, 0.2) is 42.5 Å². The maximum Gasteiger partial charge on any atom is 0.370 e. The standard InChI is InChI=1S/C22H34N3O.C7H4F3.2H2O.Sc/c1-22(2,3)24-15-16-10-11-19-17(13-16)7-6-9-20(19)25-21(26)14-18-8-4-5-12-23-18;8-7(9,10)6-4-2-1-3-5-6;;;/h10-11,13,18,20,24H,4-9,12,14-15H2,1-3H3,(H,25,26);1-2,4-5H;2*1H2;/q2*-1;;;/t18-,20+;;;;/m0..../s1. The smallest absolute Gasteiger partial charge is 0.370 e. The molecule has 6 nitrogen and oxygen atoms in total. The molecule has 1 radical (unpaired) electrons. The van der Waals surface area contributed by atoms with Crippen LogP contribution in [-0.4, -0.2) is 35.0 Å². The number of amides is 1. The van der Waals surface area contributed by atoms with Crippen LogP contribution in [0.5, 0.6) is 0 Å². The third-order valence-corrected chi connectivity index (χ3v) is 6.47. The van der Waals surface area contributed by atoms with Gasteiger partial charge in [-0.1, -0.05) is 43.0 Å². The third kappa shape index (κ3) is 13.1. The van der Waals surface area contributed by atoms with E-state index >= 15 is 0 Å². The van der Waals surface area contributed by atoms with Crippen LogP contribution in [-0.2, 0) is 49.8 Å². The van der Waals surface area contributed by atoms with Gasteiger partial charge in [-0.25, -0.2) is 0 Å². The minimum Gasteiger partial charge on any atom is -0.659 e. The van der Waals surface area contributed by atoms with Gasteiger partial charge in [0.15, 0.2) is 0 Å². The first kappa shape index (κ1) is 37.4. The van der Waals surface area contributed by atoms with Crippen LogP contribution >= 0.6 is 0 Å². The number of hydrogen-bond acceptors (Lipinski definition) is 2. The summed E-state index contributed by atoms with van der Waals surface area (Å²) < 4.78 is 35.3. The molecule has 0 spiro atoms. The van der Waals surface area contributed by atoms with E-state index in [0.717, 1.165) is 50.9 Å². The van der Waals surface area contributed by atoms with Crippen molar-refractivity contribution in [1.82, 2.24) is 10.6 Å². The Kier molecular flexibility index (Phi) is 16.6. The van der Waals surface area contributed by atoms with Gasteiger partial charge in [0, 0.05) is 44.3 Å². The van der Waals surface area contributed by atoms with E-state index in [1.807, 2.05) is 0 Å². The normalized spacial score (nSPS) is 18.5. The van der Waals surface area contributed by atoms with Gasteiger partial charge in [-0.15, -0.1) is 12.6 Å². The molecule has 2 atom stereocenters. The van der Waals surface area contributed by atoms with Gasteiger partial charge < -0.3 is 26.9 Å². The van der Waals surface area contributed by atoms with Crippen molar-refractivity contribution >= 4 is 5.91 Å². The van der Waals surface area contributed by atoms with E-state index < -0.39 is 11.7 Å². The molecule has 0 unspecified atom stereocenters. The minimum atomic E-state index is -4.24. The number of carbonyl (C=O) groups is 1. The molecule has 2 aromatic carbocycles. The Bertz CT molecular complexity index is 979. The van der Waals surface area contributed by atoms with Gasteiger partial charge in [-0.2, -0.15) is 43.5 Å². The predicted molar refractivity (Wildman–Crippen MR) is 145 cm³/mol. The first-order chi connectivity index (χ1) is 17.0. The number of benzene rings is 2. The van der Waals surface area contributed by atoms with Crippen LogP contribution in [0, 0.1) is 6.07 Å². The van der Waals surface area contributed by atoms with Crippen molar-refractivity contribution in [3.05, 3.63) is 76.1 Å². The number of aryl methyl sites for hydroxylation is 1. The van der Waals surface area contributed by atoms with Gasteiger partial charge in [0.2, 0.25) is 5.91 Å². The Labute approximate surface area is 249 Å². The van der Waals surface area contributed by atoms with Crippen LogP contribution in [0.25, 0.3) is 5.32 Å². The second-order valence-corrected chi connectivity index (χ2v) is 10.7.